The summed E-state index contributed by atoms with van der Waals surface area (Å²) in [6.45, 7) is 1.18. The van der Waals surface area contributed by atoms with Gasteiger partial charge in [0.2, 0.25) is 0 Å². The summed E-state index contributed by atoms with van der Waals surface area (Å²) in [5, 5.41) is 4.14. The van der Waals surface area contributed by atoms with Gasteiger partial charge in [0, 0.05) is 31.2 Å². The first-order chi connectivity index (χ1) is 8.99. The third-order valence-corrected chi connectivity index (χ3v) is 3.08. The van der Waals surface area contributed by atoms with Gasteiger partial charge in [-0.15, -0.1) is 0 Å². The molecule has 0 atom stereocenters. The van der Waals surface area contributed by atoms with Crippen molar-refractivity contribution in [2.24, 2.45) is 0 Å². The first-order valence-corrected chi connectivity index (χ1v) is 6.29. The Morgan fingerprint density at radius 1 is 1.21 bits per heavy atom. The summed E-state index contributed by atoms with van der Waals surface area (Å²) in [5.74, 6) is 0. The van der Waals surface area contributed by atoms with Crippen LogP contribution in [-0.4, -0.2) is 17.8 Å². The highest BCUT2D eigenvalue weighted by atomic mass is 19.4. The third kappa shape index (κ3) is 3.73. The van der Waals surface area contributed by atoms with Crippen molar-refractivity contribution in [1.29, 1.82) is 0 Å². The molecule has 0 bridgehead atoms. The van der Waals surface area contributed by atoms with Crippen LogP contribution in [0.1, 0.15) is 18.4 Å². The number of aryl methyl sites for hydroxylation is 1. The van der Waals surface area contributed by atoms with Gasteiger partial charge >= 0.3 is 6.18 Å². The number of halogens is 3. The highest BCUT2D eigenvalue weighted by molar-refractivity contribution is 5.80. The van der Waals surface area contributed by atoms with Crippen LogP contribution >= 0.6 is 0 Å². The Balaban J connectivity index is 2.08. The standard InChI is InChI=1S/C14H17F3N2/c1-18-10-11-3-4-13-12(9-11)5-8-19(13)7-2-6-14(15,16)17/h3-5,8-9,18H,2,6-7,10H2,1H3. The average molecular weight is 270 g/mol. The Morgan fingerprint density at radius 2 is 2.00 bits per heavy atom. The Labute approximate surface area is 110 Å². The molecule has 0 amide bonds. The smallest absolute Gasteiger partial charge is 0.347 e. The maximum atomic E-state index is 12.1. The highest BCUT2D eigenvalue weighted by Gasteiger charge is 2.26. The Morgan fingerprint density at radius 3 is 2.68 bits per heavy atom. The van der Waals surface area contributed by atoms with Gasteiger partial charge in [0.15, 0.2) is 0 Å². The van der Waals surface area contributed by atoms with Gasteiger partial charge in [0.25, 0.3) is 0 Å². The van der Waals surface area contributed by atoms with Gasteiger partial charge in [-0.1, -0.05) is 6.07 Å². The molecule has 0 aliphatic rings. The van der Waals surface area contributed by atoms with E-state index < -0.39 is 12.6 Å². The molecule has 0 saturated carbocycles. The monoisotopic (exact) mass is 270 g/mol. The Bertz CT molecular complexity index is 543. The molecule has 2 aromatic rings. The molecule has 0 radical (unpaired) electrons. The van der Waals surface area contributed by atoms with E-state index in [1.165, 1.54) is 5.56 Å². The zero-order valence-corrected chi connectivity index (χ0v) is 10.8. The van der Waals surface area contributed by atoms with Crippen LogP contribution in [0.3, 0.4) is 0 Å². The summed E-state index contributed by atoms with van der Waals surface area (Å²) < 4.78 is 38.2. The number of aromatic nitrogens is 1. The molecule has 0 unspecified atom stereocenters. The molecule has 2 rings (SSSR count). The summed E-state index contributed by atoms with van der Waals surface area (Å²) in [7, 11) is 1.88. The number of rotatable bonds is 5. The maximum absolute atomic E-state index is 12.1. The molecule has 5 heteroatoms. The normalized spacial score (nSPS) is 12.2. The van der Waals surface area contributed by atoms with E-state index in [-0.39, 0.29) is 6.42 Å². The molecular formula is C14H17F3N2. The number of nitrogens with one attached hydrogen (secondary N) is 1. The van der Waals surface area contributed by atoms with Crippen LogP contribution in [0, 0.1) is 0 Å². The van der Waals surface area contributed by atoms with E-state index in [9.17, 15) is 13.2 Å². The second-order valence-corrected chi connectivity index (χ2v) is 4.65. The molecule has 19 heavy (non-hydrogen) atoms. The fourth-order valence-electron chi connectivity index (χ4n) is 2.21. The van der Waals surface area contributed by atoms with Crippen molar-refractivity contribution < 1.29 is 13.2 Å². The van der Waals surface area contributed by atoms with Crippen LogP contribution in [0.2, 0.25) is 0 Å². The molecule has 0 aliphatic carbocycles. The van der Waals surface area contributed by atoms with Gasteiger partial charge in [0.1, 0.15) is 0 Å². The summed E-state index contributed by atoms with van der Waals surface area (Å²) in [5.41, 5.74) is 2.16. The molecule has 1 aromatic carbocycles. The molecule has 1 aromatic heterocycles. The molecule has 104 valence electrons. The first-order valence-electron chi connectivity index (χ1n) is 6.29. The van der Waals surface area contributed by atoms with Crippen LogP contribution < -0.4 is 5.32 Å². The summed E-state index contributed by atoms with van der Waals surface area (Å²) in [4.78, 5) is 0. The first kappa shape index (κ1) is 13.9. The summed E-state index contributed by atoms with van der Waals surface area (Å²) in [6.07, 6.45) is -2.83. The number of nitrogens with zero attached hydrogens (tertiary/aromatic N) is 1. The fraction of sp³-hybridized carbons (Fsp3) is 0.429. The van der Waals surface area contributed by atoms with Gasteiger partial charge in [-0.2, -0.15) is 13.2 Å². The SMILES string of the molecule is CNCc1ccc2c(ccn2CCCC(F)(F)F)c1. The molecule has 1 N–H and O–H groups in total. The van der Waals surface area contributed by atoms with Crippen LogP contribution in [0.4, 0.5) is 13.2 Å². The lowest BCUT2D eigenvalue weighted by Gasteiger charge is -2.08. The van der Waals surface area contributed by atoms with E-state index in [0.717, 1.165) is 17.4 Å². The zero-order valence-electron chi connectivity index (χ0n) is 10.8. The summed E-state index contributed by atoms with van der Waals surface area (Å²) >= 11 is 0. The van der Waals surface area contributed by atoms with Crippen molar-refractivity contribution in [2.75, 3.05) is 7.05 Å². The zero-order chi connectivity index (χ0) is 13.9. The Kier molecular flexibility index (Phi) is 4.14. The second-order valence-electron chi connectivity index (χ2n) is 4.65. The second kappa shape index (κ2) is 5.65. The Hall–Kier alpha value is -1.49. The highest BCUT2D eigenvalue weighted by Crippen LogP contribution is 2.23. The lowest BCUT2D eigenvalue weighted by Crippen LogP contribution is -2.09. The predicted octanol–water partition coefficient (Wildman–Crippen LogP) is 3.70. The number of fused-ring (bicyclic) bond motifs is 1. The van der Waals surface area contributed by atoms with Crippen molar-refractivity contribution in [1.82, 2.24) is 9.88 Å². The number of hydrogen-bond donors (Lipinski definition) is 1. The molecule has 2 nitrogen and oxygen atoms in total. The van der Waals surface area contributed by atoms with E-state index in [0.29, 0.717) is 6.54 Å². The minimum Gasteiger partial charge on any atom is -0.347 e. The maximum Gasteiger partial charge on any atom is 0.389 e. The fourth-order valence-corrected chi connectivity index (χ4v) is 2.21. The predicted molar refractivity (Wildman–Crippen MR) is 70.0 cm³/mol. The van der Waals surface area contributed by atoms with Crippen molar-refractivity contribution in [3.05, 3.63) is 36.0 Å². The van der Waals surface area contributed by atoms with Crippen LogP contribution in [0.15, 0.2) is 30.5 Å². The number of benzene rings is 1. The van der Waals surface area contributed by atoms with Gasteiger partial charge in [0.05, 0.1) is 0 Å². The van der Waals surface area contributed by atoms with Gasteiger partial charge in [-0.05, 0) is 42.6 Å². The van der Waals surface area contributed by atoms with Crippen molar-refractivity contribution in [2.45, 2.75) is 32.1 Å². The van der Waals surface area contributed by atoms with E-state index in [2.05, 4.69) is 11.4 Å². The molecule has 1 heterocycles. The number of hydrogen-bond acceptors (Lipinski definition) is 1. The van der Waals surface area contributed by atoms with E-state index in [1.54, 1.807) is 0 Å². The van der Waals surface area contributed by atoms with Crippen LogP contribution in [0.25, 0.3) is 10.9 Å². The lowest BCUT2D eigenvalue weighted by molar-refractivity contribution is -0.135. The van der Waals surface area contributed by atoms with Crippen molar-refractivity contribution in [3.8, 4) is 0 Å². The molecule has 0 spiro atoms. The van der Waals surface area contributed by atoms with E-state index in [1.807, 2.05) is 36.0 Å². The minimum absolute atomic E-state index is 0.117. The van der Waals surface area contributed by atoms with Gasteiger partial charge < -0.3 is 9.88 Å². The van der Waals surface area contributed by atoms with E-state index in [4.69, 9.17) is 0 Å². The largest absolute Gasteiger partial charge is 0.389 e. The molecule has 0 aliphatic heterocycles. The lowest BCUT2D eigenvalue weighted by atomic mass is 10.1. The third-order valence-electron chi connectivity index (χ3n) is 3.08. The van der Waals surface area contributed by atoms with E-state index >= 15 is 0 Å². The minimum atomic E-state index is -4.07. The van der Waals surface area contributed by atoms with Gasteiger partial charge in [-0.25, -0.2) is 0 Å². The van der Waals surface area contributed by atoms with Crippen molar-refractivity contribution in [3.63, 3.8) is 0 Å². The topological polar surface area (TPSA) is 17.0 Å². The van der Waals surface area contributed by atoms with Crippen LogP contribution in [-0.2, 0) is 13.1 Å². The van der Waals surface area contributed by atoms with Gasteiger partial charge in [-0.3, -0.25) is 0 Å². The molecule has 0 saturated heterocycles. The van der Waals surface area contributed by atoms with Crippen molar-refractivity contribution >= 4 is 10.9 Å². The summed E-state index contributed by atoms with van der Waals surface area (Å²) in [6, 6.07) is 7.98. The number of alkyl halides is 3. The molecule has 0 fully saturated rings. The molecular weight excluding hydrogens is 253 g/mol. The average Bonchev–Trinajstić information content (AvgIpc) is 2.71. The quantitative estimate of drug-likeness (QED) is 0.876. The van der Waals surface area contributed by atoms with Crippen LogP contribution in [0.5, 0.6) is 0 Å².